The average Bonchev–Trinajstić information content (AvgIpc) is 0.795. The van der Waals surface area contributed by atoms with Gasteiger partial charge in [-0.05, 0) is 82.9 Å². The first-order valence-corrected chi connectivity index (χ1v) is 43.9. The van der Waals surface area contributed by atoms with E-state index in [0.717, 1.165) is 126 Å². The number of carbonyl (C=O) groups excluding carboxylic acids is 15. The maximum atomic E-state index is 15.7. The summed E-state index contributed by atoms with van der Waals surface area (Å²) in [6, 6.07) is -6.64. The summed E-state index contributed by atoms with van der Waals surface area (Å²) >= 11 is 0. The van der Waals surface area contributed by atoms with Crippen LogP contribution in [0.25, 0.3) is 0 Å². The predicted octanol–water partition coefficient (Wildman–Crippen LogP) is -5.89. The molecule has 4 aliphatic rings. The van der Waals surface area contributed by atoms with Crippen LogP contribution in [0, 0.1) is 0 Å². The standard InChI is InChI=1S/C86H129N11O36/c1-12-14-15-16-17-18-19-20-21-22-23-57(130-85-70(114)71(56(108)39-124-85)133-84-65(89-44(7)102)69(113)67(111)58(37-98)131-84)68(112)82(122)95-63(41(4)101)79(119)96-64-42(5)125-83(123)55(35-49-26-30-51(107)31-27-49)93-81(121)66(43(6)126-86-74(129-47(10)105)73(128-46(9)104)72(127-45(8)103)59(38-99)132-86)97(11)61(110)36-88-75(115)53(32-33-60(87)109)91-76(116)52(13-2)90-77(117)54(34-48-24-28-50(106)29-25-48)92-78(118)62(40(3)100)94-80(64)120/h13,24-31,40-43,53-59,62-74,84-86,98-101,106-108,111-114H,12,14-23,32-39H2,1-11H3,(H2,87,109)(H,88,115)(H,89,102)(H,90,117)(H,91,116)(H,92,118)(H,93,121)(H,94,120)(H,95,122)(H,96,119). The van der Waals surface area contributed by atoms with E-state index in [0.29, 0.717) is 17.7 Å². The number of unbranched alkanes of at least 4 members (excludes halogenated alkanes) is 9. The number of hydrogen-bond donors (Lipinski definition) is 21. The van der Waals surface area contributed by atoms with E-state index in [4.69, 9.17) is 53.1 Å². The lowest BCUT2D eigenvalue weighted by Crippen LogP contribution is -2.67. The van der Waals surface area contributed by atoms with Gasteiger partial charge in [0.1, 0.15) is 114 Å². The molecule has 0 aliphatic carbocycles. The van der Waals surface area contributed by atoms with Gasteiger partial charge in [0.2, 0.25) is 53.2 Å². The molecule has 47 heteroatoms. The third kappa shape index (κ3) is 33.7. The lowest BCUT2D eigenvalue weighted by atomic mass is 9.96. The van der Waals surface area contributed by atoms with Crippen LogP contribution in [0.1, 0.15) is 164 Å². The molecular formula is C86H129N11O36. The zero-order chi connectivity index (χ0) is 98.9. The summed E-state index contributed by atoms with van der Waals surface area (Å²) in [4.78, 5) is 214. The lowest BCUT2D eigenvalue weighted by molar-refractivity contribution is -0.339. The first-order chi connectivity index (χ1) is 62.8. The van der Waals surface area contributed by atoms with Crippen molar-refractivity contribution in [1.29, 1.82) is 0 Å². The summed E-state index contributed by atoms with van der Waals surface area (Å²) in [5, 5.41) is 143. The highest BCUT2D eigenvalue weighted by Gasteiger charge is 2.55. The third-order valence-corrected chi connectivity index (χ3v) is 22.3. The van der Waals surface area contributed by atoms with Crippen LogP contribution < -0.4 is 53.6 Å². The first kappa shape index (κ1) is 111. The number of ether oxygens (including phenoxy) is 10. The molecule has 4 fully saturated rings. The Kier molecular flexibility index (Phi) is 45.0. The molecule has 27 atom stereocenters. The van der Waals surface area contributed by atoms with Crippen LogP contribution in [-0.4, -0.2) is 348 Å². The largest absolute Gasteiger partial charge is 0.508 e. The van der Waals surface area contributed by atoms with Crippen molar-refractivity contribution in [3.63, 3.8) is 0 Å². The smallest absolute Gasteiger partial charge is 0.329 e. The zero-order valence-electron chi connectivity index (χ0n) is 75.9. The van der Waals surface area contributed by atoms with Crippen LogP contribution in [0.15, 0.2) is 60.3 Å². The number of carbonyl (C=O) groups is 15. The van der Waals surface area contributed by atoms with Crippen molar-refractivity contribution >= 4 is 88.9 Å². The fraction of sp³-hybridized carbons (Fsp3) is 0.663. The number of aromatic hydroxyl groups is 2. The molecule has 11 amide bonds. The molecule has 0 radical (unpaired) electrons. The van der Waals surface area contributed by atoms with Crippen molar-refractivity contribution in [2.75, 3.05) is 33.4 Å². The Hall–Kier alpha value is -10.8. The Bertz CT molecular complexity index is 4260. The second-order valence-corrected chi connectivity index (χ2v) is 33.0. The zero-order valence-corrected chi connectivity index (χ0v) is 75.9. The molecule has 6 rings (SSSR count). The number of esters is 4. The number of cyclic esters (lactones) is 1. The number of phenolic OH excluding ortho intramolecular Hbond substituents is 2. The Morgan fingerprint density at radius 2 is 1.16 bits per heavy atom. The molecule has 4 heterocycles. The summed E-state index contributed by atoms with van der Waals surface area (Å²) in [6.45, 7) is 7.44. The minimum absolute atomic E-state index is 0.0981. The number of aliphatic hydroxyl groups excluding tert-OH is 9. The second kappa shape index (κ2) is 53.9. The molecular weight excluding hydrogens is 1760 g/mol. The van der Waals surface area contributed by atoms with Crippen LogP contribution in [0.5, 0.6) is 11.5 Å². The van der Waals surface area contributed by atoms with Gasteiger partial charge >= 0.3 is 23.9 Å². The molecule has 2 aromatic carbocycles. The number of hydrogen-bond acceptors (Lipinski definition) is 36. The first-order valence-electron chi connectivity index (χ1n) is 43.9. The van der Waals surface area contributed by atoms with E-state index in [1.807, 2.05) is 0 Å². The van der Waals surface area contributed by atoms with Crippen LogP contribution in [-0.2, 0) is 132 Å². The summed E-state index contributed by atoms with van der Waals surface area (Å²) < 4.78 is 58.3. The molecule has 22 N–H and O–H groups in total. The number of nitrogens with one attached hydrogen (secondary N) is 9. The molecule has 2 aromatic rings. The van der Waals surface area contributed by atoms with Gasteiger partial charge in [0.05, 0.1) is 50.8 Å². The number of aliphatic hydroxyl groups is 9. The summed E-state index contributed by atoms with van der Waals surface area (Å²) in [5.41, 5.74) is 5.16. The summed E-state index contributed by atoms with van der Waals surface area (Å²) in [6.07, 6.45) is -29.7. The van der Waals surface area contributed by atoms with Gasteiger partial charge in [-0.1, -0.05) is 101 Å². The van der Waals surface area contributed by atoms with E-state index in [2.05, 4.69) is 54.8 Å². The number of likely N-dealkylation sites (N-methyl/N-ethyl adjacent to an activating group) is 1. The van der Waals surface area contributed by atoms with Crippen molar-refractivity contribution in [2.24, 2.45) is 5.73 Å². The molecule has 0 spiro atoms. The normalized spacial score (nSPS) is 29.2. The fourth-order valence-corrected chi connectivity index (χ4v) is 15.1. The van der Waals surface area contributed by atoms with Crippen molar-refractivity contribution < 1.29 is 175 Å². The third-order valence-electron chi connectivity index (χ3n) is 22.3. The van der Waals surface area contributed by atoms with E-state index < -0.39 is 311 Å². The van der Waals surface area contributed by atoms with Crippen LogP contribution in [0.2, 0.25) is 0 Å². The van der Waals surface area contributed by atoms with Gasteiger partial charge in [-0.3, -0.25) is 67.1 Å². The van der Waals surface area contributed by atoms with Crippen molar-refractivity contribution in [1.82, 2.24) is 52.8 Å². The van der Waals surface area contributed by atoms with Gasteiger partial charge in [-0.2, -0.15) is 0 Å². The van der Waals surface area contributed by atoms with E-state index >= 15 is 19.2 Å². The Balaban J connectivity index is 1.49. The second-order valence-electron chi connectivity index (χ2n) is 33.0. The van der Waals surface area contributed by atoms with Crippen LogP contribution >= 0.6 is 0 Å². The molecule has 0 saturated carbocycles. The summed E-state index contributed by atoms with van der Waals surface area (Å²) in [7, 11) is 0.972. The SMILES string of the molecule is CC=C1NC(=O)C(Cc2ccc(O)cc2)NC(=O)C(C(C)O)NC(=O)C(NC(=O)C(NC(=O)C(O)C(CCCCCCCCCCCC)OC2OCC(O)C(OC3OC(CO)C(O)C(O)C3NC(C)=O)C2O)C(C)O)C(C)OC(=O)C(Cc2ccc(O)cc2)NC(=O)C(C(C)OC2OC(CO)C(OC(C)=O)C(OC(C)=O)C2OC(C)=O)N(C)C(=O)CNC(=O)C(CCC(N)=O)NC1=O. The molecule has 27 unspecified atom stereocenters. The molecule has 4 aliphatic heterocycles. The van der Waals surface area contributed by atoms with Gasteiger partial charge in [-0.15, -0.1) is 0 Å². The number of phenols is 2. The van der Waals surface area contributed by atoms with E-state index in [9.17, 15) is 109 Å². The van der Waals surface area contributed by atoms with Gasteiger partial charge in [0.25, 0.3) is 11.8 Å². The van der Waals surface area contributed by atoms with Crippen molar-refractivity contribution in [2.45, 2.75) is 330 Å². The topological polar surface area (TPSA) is 708 Å². The molecule has 0 aromatic heterocycles. The van der Waals surface area contributed by atoms with Gasteiger partial charge in [0.15, 0.2) is 43.3 Å². The average molecular weight is 1890 g/mol. The van der Waals surface area contributed by atoms with Gasteiger partial charge in [0, 0.05) is 54.0 Å². The Labute approximate surface area is 766 Å². The van der Waals surface area contributed by atoms with Crippen molar-refractivity contribution in [3.8, 4) is 11.5 Å². The van der Waals surface area contributed by atoms with Gasteiger partial charge in [-0.25, -0.2) is 4.79 Å². The van der Waals surface area contributed by atoms with E-state index in [-0.39, 0.29) is 35.5 Å². The van der Waals surface area contributed by atoms with Crippen molar-refractivity contribution in [3.05, 3.63) is 71.4 Å². The maximum absolute atomic E-state index is 15.7. The Morgan fingerprint density at radius 1 is 0.609 bits per heavy atom. The summed E-state index contributed by atoms with van der Waals surface area (Å²) in [5.74, 6) is -19.4. The molecule has 0 bridgehead atoms. The lowest BCUT2D eigenvalue weighted by Gasteiger charge is -2.46. The number of rotatable bonds is 38. The maximum Gasteiger partial charge on any atom is 0.329 e. The molecule has 744 valence electrons. The van der Waals surface area contributed by atoms with Gasteiger partial charge < -0.3 is 162 Å². The monoisotopic (exact) mass is 1890 g/mol. The molecule has 47 nitrogen and oxygen atoms in total. The molecule has 4 saturated heterocycles. The number of nitrogens with two attached hydrogens (primary N) is 1. The predicted molar refractivity (Wildman–Crippen MR) is 456 cm³/mol. The van der Waals surface area contributed by atoms with Crippen LogP contribution in [0.4, 0.5) is 0 Å². The highest BCUT2D eigenvalue weighted by Crippen LogP contribution is 2.34. The Morgan fingerprint density at radius 3 is 1.70 bits per heavy atom. The highest BCUT2D eigenvalue weighted by molar-refractivity contribution is 6.03. The number of amides is 11. The number of primary amides is 1. The minimum Gasteiger partial charge on any atom is -0.508 e. The highest BCUT2D eigenvalue weighted by atomic mass is 16.7. The van der Waals surface area contributed by atoms with Crippen LogP contribution in [0.3, 0.4) is 0 Å². The quantitative estimate of drug-likeness (QED) is 0.0129. The van der Waals surface area contributed by atoms with E-state index in [1.54, 1.807) is 0 Å². The number of benzene rings is 2. The molecule has 133 heavy (non-hydrogen) atoms. The number of nitrogens with zero attached hydrogens (tertiary/aromatic N) is 1. The van der Waals surface area contributed by atoms with E-state index in [1.165, 1.54) is 43.3 Å². The fourth-order valence-electron chi connectivity index (χ4n) is 15.1. The minimum atomic E-state index is -2.45. The number of allylic oxidation sites excluding steroid dienone is 1.